The molecule has 0 unspecified atom stereocenters. The van der Waals surface area contributed by atoms with E-state index in [0.29, 0.717) is 5.92 Å². The second-order valence-electron chi connectivity index (χ2n) is 5.74. The Hall–Kier alpha value is -1.55. The van der Waals surface area contributed by atoms with Crippen LogP contribution in [0.4, 0.5) is 4.79 Å². The lowest BCUT2D eigenvalue weighted by molar-refractivity contribution is 0.186. The molecule has 2 aliphatic rings. The molecular weight excluding hydrogens is 240 g/mol. The maximum atomic E-state index is 10.9. The Labute approximate surface area is 113 Å². The van der Waals surface area contributed by atoms with Crippen LogP contribution >= 0.6 is 0 Å². The Bertz CT molecular complexity index is 445. The van der Waals surface area contributed by atoms with Crippen molar-refractivity contribution < 1.29 is 9.90 Å². The quantitative estimate of drug-likeness (QED) is 0.872. The largest absolute Gasteiger partial charge is 0.465 e. The molecule has 2 fully saturated rings. The molecule has 1 saturated carbocycles. The third-order valence-corrected chi connectivity index (χ3v) is 4.23. The Kier molecular flexibility index (Phi) is 3.42. The molecule has 1 aromatic carbocycles. The molecule has 0 bridgehead atoms. The van der Waals surface area contributed by atoms with Gasteiger partial charge in [-0.2, -0.15) is 0 Å². The zero-order valence-corrected chi connectivity index (χ0v) is 11.0. The number of nitrogens with zero attached hydrogens (tertiary/aromatic N) is 1. The van der Waals surface area contributed by atoms with E-state index < -0.39 is 6.09 Å². The van der Waals surface area contributed by atoms with Gasteiger partial charge in [0, 0.05) is 25.7 Å². The highest BCUT2D eigenvalue weighted by Gasteiger charge is 2.42. The summed E-state index contributed by atoms with van der Waals surface area (Å²) in [5.74, 6) is 1.23. The molecule has 1 amide bonds. The molecule has 1 heterocycles. The second kappa shape index (κ2) is 5.21. The van der Waals surface area contributed by atoms with Crippen molar-refractivity contribution in [3.63, 3.8) is 0 Å². The standard InChI is InChI=1S/C15H20N2O2/c18-15(19)16-14-10-17(9-13(14)12-6-7-12)8-11-4-2-1-3-5-11/h1-5,12-14,16H,6-10H2,(H,18,19)/t13-,14+/m1/s1. The molecule has 0 radical (unpaired) electrons. The predicted molar refractivity (Wildman–Crippen MR) is 72.9 cm³/mol. The lowest BCUT2D eigenvalue weighted by atomic mass is 9.98. The average molecular weight is 260 g/mol. The first-order valence-corrected chi connectivity index (χ1v) is 6.98. The maximum Gasteiger partial charge on any atom is 0.404 e. The summed E-state index contributed by atoms with van der Waals surface area (Å²) in [6, 6.07) is 10.5. The molecule has 19 heavy (non-hydrogen) atoms. The minimum atomic E-state index is -0.891. The number of rotatable bonds is 4. The fourth-order valence-corrected chi connectivity index (χ4v) is 3.20. The second-order valence-corrected chi connectivity index (χ2v) is 5.74. The normalized spacial score (nSPS) is 27.4. The Morgan fingerprint density at radius 1 is 1.26 bits per heavy atom. The molecule has 2 atom stereocenters. The molecule has 3 rings (SSSR count). The van der Waals surface area contributed by atoms with E-state index in [4.69, 9.17) is 5.11 Å². The van der Waals surface area contributed by atoms with E-state index >= 15 is 0 Å². The summed E-state index contributed by atoms with van der Waals surface area (Å²) < 4.78 is 0. The number of carboxylic acid groups (broad SMARTS) is 1. The Morgan fingerprint density at radius 2 is 2.00 bits per heavy atom. The fraction of sp³-hybridized carbons (Fsp3) is 0.533. The molecule has 1 aromatic rings. The zero-order valence-electron chi connectivity index (χ0n) is 11.0. The van der Waals surface area contributed by atoms with E-state index in [1.165, 1.54) is 18.4 Å². The van der Waals surface area contributed by atoms with Gasteiger partial charge in [0.15, 0.2) is 0 Å². The summed E-state index contributed by atoms with van der Waals surface area (Å²) >= 11 is 0. The van der Waals surface area contributed by atoms with Gasteiger partial charge >= 0.3 is 6.09 Å². The van der Waals surface area contributed by atoms with Gasteiger partial charge in [0.1, 0.15) is 0 Å². The first-order chi connectivity index (χ1) is 9.22. The highest BCUT2D eigenvalue weighted by atomic mass is 16.4. The van der Waals surface area contributed by atoms with Gasteiger partial charge in [0.25, 0.3) is 0 Å². The van der Waals surface area contributed by atoms with Crippen LogP contribution in [0.5, 0.6) is 0 Å². The van der Waals surface area contributed by atoms with Crippen LogP contribution in [-0.2, 0) is 6.54 Å². The van der Waals surface area contributed by atoms with Crippen molar-refractivity contribution in [3.8, 4) is 0 Å². The molecular formula is C15H20N2O2. The summed E-state index contributed by atoms with van der Waals surface area (Å²) in [6.07, 6.45) is 1.64. The van der Waals surface area contributed by atoms with E-state index in [0.717, 1.165) is 25.6 Å². The molecule has 4 nitrogen and oxygen atoms in total. The lowest BCUT2D eigenvalue weighted by Gasteiger charge is -2.17. The molecule has 1 aliphatic carbocycles. The van der Waals surface area contributed by atoms with Gasteiger partial charge in [-0.15, -0.1) is 0 Å². The van der Waals surface area contributed by atoms with Crippen molar-refractivity contribution in [2.45, 2.75) is 25.4 Å². The lowest BCUT2D eigenvalue weighted by Crippen LogP contribution is -2.40. The van der Waals surface area contributed by atoms with Crippen molar-refractivity contribution in [2.75, 3.05) is 13.1 Å². The molecule has 4 heteroatoms. The fourth-order valence-electron chi connectivity index (χ4n) is 3.20. The number of nitrogens with one attached hydrogen (secondary N) is 1. The summed E-state index contributed by atoms with van der Waals surface area (Å²) in [5.41, 5.74) is 1.30. The highest BCUT2D eigenvalue weighted by molar-refractivity contribution is 5.65. The third-order valence-electron chi connectivity index (χ3n) is 4.23. The van der Waals surface area contributed by atoms with E-state index in [9.17, 15) is 4.79 Å². The molecule has 2 N–H and O–H groups in total. The van der Waals surface area contributed by atoms with Gasteiger partial charge in [-0.25, -0.2) is 4.79 Å². The van der Waals surface area contributed by atoms with Gasteiger partial charge in [0.2, 0.25) is 0 Å². The smallest absolute Gasteiger partial charge is 0.404 e. The summed E-state index contributed by atoms with van der Waals surface area (Å²) in [7, 11) is 0. The van der Waals surface area contributed by atoms with Crippen LogP contribution in [0, 0.1) is 11.8 Å². The van der Waals surface area contributed by atoms with E-state index in [1.54, 1.807) is 0 Å². The monoisotopic (exact) mass is 260 g/mol. The summed E-state index contributed by atoms with van der Waals surface area (Å²) in [5, 5.41) is 11.6. The van der Waals surface area contributed by atoms with Crippen molar-refractivity contribution in [1.82, 2.24) is 10.2 Å². The zero-order chi connectivity index (χ0) is 13.2. The maximum absolute atomic E-state index is 10.9. The SMILES string of the molecule is O=C(O)N[C@H]1CN(Cc2ccccc2)C[C@@H]1C1CC1. The van der Waals surface area contributed by atoms with E-state index in [1.807, 2.05) is 6.07 Å². The van der Waals surface area contributed by atoms with Crippen LogP contribution in [0.3, 0.4) is 0 Å². The van der Waals surface area contributed by atoms with Crippen molar-refractivity contribution in [3.05, 3.63) is 35.9 Å². The van der Waals surface area contributed by atoms with Gasteiger partial charge in [-0.3, -0.25) is 4.90 Å². The van der Waals surface area contributed by atoms with E-state index in [-0.39, 0.29) is 6.04 Å². The number of benzene rings is 1. The molecule has 1 aliphatic heterocycles. The van der Waals surface area contributed by atoms with Gasteiger partial charge in [-0.1, -0.05) is 30.3 Å². The van der Waals surface area contributed by atoms with Gasteiger partial charge in [-0.05, 0) is 30.2 Å². The number of likely N-dealkylation sites (tertiary alicyclic amines) is 1. The number of hydrogen-bond acceptors (Lipinski definition) is 2. The minimum absolute atomic E-state index is 0.105. The molecule has 102 valence electrons. The third kappa shape index (κ3) is 3.07. The minimum Gasteiger partial charge on any atom is -0.465 e. The average Bonchev–Trinajstić information content (AvgIpc) is 3.14. The van der Waals surface area contributed by atoms with Crippen LogP contribution in [0.15, 0.2) is 30.3 Å². The van der Waals surface area contributed by atoms with Crippen LogP contribution in [0.25, 0.3) is 0 Å². The first-order valence-electron chi connectivity index (χ1n) is 6.98. The molecule has 1 saturated heterocycles. The van der Waals surface area contributed by atoms with Crippen LogP contribution < -0.4 is 5.32 Å². The summed E-state index contributed by atoms with van der Waals surface area (Å²) in [6.45, 7) is 2.77. The van der Waals surface area contributed by atoms with Crippen LogP contribution in [-0.4, -0.2) is 35.2 Å². The highest BCUT2D eigenvalue weighted by Crippen LogP contribution is 2.41. The molecule has 0 aromatic heterocycles. The van der Waals surface area contributed by atoms with Crippen LogP contribution in [0.2, 0.25) is 0 Å². The van der Waals surface area contributed by atoms with Gasteiger partial charge in [0.05, 0.1) is 0 Å². The van der Waals surface area contributed by atoms with Crippen molar-refractivity contribution in [2.24, 2.45) is 11.8 Å². The predicted octanol–water partition coefficient (Wildman–Crippen LogP) is 2.16. The number of amides is 1. The Balaban J connectivity index is 1.63. The Morgan fingerprint density at radius 3 is 2.63 bits per heavy atom. The van der Waals surface area contributed by atoms with Crippen LogP contribution in [0.1, 0.15) is 18.4 Å². The number of carbonyl (C=O) groups is 1. The van der Waals surface area contributed by atoms with E-state index in [2.05, 4.69) is 34.5 Å². The van der Waals surface area contributed by atoms with Crippen molar-refractivity contribution in [1.29, 1.82) is 0 Å². The molecule has 0 spiro atoms. The summed E-state index contributed by atoms with van der Waals surface area (Å²) in [4.78, 5) is 13.3. The topological polar surface area (TPSA) is 52.6 Å². The first kappa shape index (κ1) is 12.5. The van der Waals surface area contributed by atoms with Crippen molar-refractivity contribution >= 4 is 6.09 Å². The number of hydrogen-bond donors (Lipinski definition) is 2. The van der Waals surface area contributed by atoms with Gasteiger partial charge < -0.3 is 10.4 Å².